The van der Waals surface area contributed by atoms with E-state index in [0.29, 0.717) is 11.7 Å². The van der Waals surface area contributed by atoms with Crippen molar-refractivity contribution in [3.8, 4) is 0 Å². The van der Waals surface area contributed by atoms with Crippen molar-refractivity contribution in [2.45, 2.75) is 39.7 Å². The molecule has 1 unspecified atom stereocenters. The smallest absolute Gasteiger partial charge is 0.276 e. The van der Waals surface area contributed by atoms with E-state index in [-0.39, 0.29) is 17.5 Å². The lowest BCUT2D eigenvalue weighted by molar-refractivity contribution is -0.384. The van der Waals surface area contributed by atoms with Crippen LogP contribution in [0, 0.1) is 16.0 Å². The molecule has 0 saturated carbocycles. The Hall–Kier alpha value is -1.85. The zero-order valence-corrected chi connectivity index (χ0v) is 11.0. The van der Waals surface area contributed by atoms with Gasteiger partial charge in [-0.05, 0) is 12.8 Å². The van der Waals surface area contributed by atoms with Gasteiger partial charge in [0.15, 0.2) is 0 Å². The molecule has 1 aromatic rings. The monoisotopic (exact) mass is 252 g/mol. The van der Waals surface area contributed by atoms with Crippen LogP contribution < -0.4 is 11.1 Å². The topological polar surface area (TPSA) is 94.1 Å². The van der Waals surface area contributed by atoms with Crippen LogP contribution in [0.25, 0.3) is 0 Å². The molecular weight excluding hydrogens is 232 g/mol. The molecule has 18 heavy (non-hydrogen) atoms. The van der Waals surface area contributed by atoms with Gasteiger partial charge in [-0.25, -0.2) is 4.98 Å². The quantitative estimate of drug-likeness (QED) is 0.599. The molecule has 1 heterocycles. The Labute approximate surface area is 107 Å². The molecule has 1 aromatic heterocycles. The number of aromatic nitrogens is 1. The molecule has 1 atom stereocenters. The fourth-order valence-corrected chi connectivity index (χ4v) is 2.06. The molecule has 0 spiro atoms. The Morgan fingerprint density at radius 1 is 1.44 bits per heavy atom. The van der Waals surface area contributed by atoms with Crippen LogP contribution in [0.4, 0.5) is 17.3 Å². The van der Waals surface area contributed by atoms with E-state index in [1.807, 2.05) is 6.92 Å². The number of hydrogen-bond donors (Lipinski definition) is 2. The predicted octanol–water partition coefficient (Wildman–Crippen LogP) is 2.81. The van der Waals surface area contributed by atoms with Gasteiger partial charge in [0, 0.05) is 6.04 Å². The van der Waals surface area contributed by atoms with E-state index in [0.717, 1.165) is 12.8 Å². The van der Waals surface area contributed by atoms with Crippen LogP contribution in [0.1, 0.15) is 33.6 Å². The Morgan fingerprint density at radius 2 is 2.06 bits per heavy atom. The second-order valence-electron chi connectivity index (χ2n) is 4.40. The number of nitrogens with one attached hydrogen (secondary N) is 1. The number of hydrogen-bond acceptors (Lipinski definition) is 5. The summed E-state index contributed by atoms with van der Waals surface area (Å²) in [7, 11) is 0. The van der Waals surface area contributed by atoms with Crippen LogP contribution in [0.3, 0.4) is 0 Å². The Balaban J connectivity index is 2.87. The highest BCUT2D eigenvalue weighted by molar-refractivity contribution is 5.53. The van der Waals surface area contributed by atoms with Crippen molar-refractivity contribution in [2.24, 2.45) is 5.92 Å². The molecule has 0 aliphatic carbocycles. The van der Waals surface area contributed by atoms with E-state index >= 15 is 0 Å². The third-order valence-corrected chi connectivity index (χ3v) is 3.17. The lowest BCUT2D eigenvalue weighted by Crippen LogP contribution is -2.25. The second-order valence-corrected chi connectivity index (χ2v) is 4.40. The largest absolute Gasteiger partial charge is 0.383 e. The normalized spacial score (nSPS) is 12.4. The number of nitrogens with two attached hydrogens (primary N) is 1. The van der Waals surface area contributed by atoms with Gasteiger partial charge in [0.05, 0.1) is 17.1 Å². The van der Waals surface area contributed by atoms with Gasteiger partial charge in [0.2, 0.25) is 0 Å². The molecule has 6 nitrogen and oxygen atoms in total. The number of pyridine rings is 1. The summed E-state index contributed by atoms with van der Waals surface area (Å²) in [6, 6.07) is 2.87. The standard InChI is InChI=1S/C12H20N4O2/c1-4-9(5-2)8(3)14-12-7-10(16(17)18)6-11(13)15-12/h6-9H,4-5H2,1-3H3,(H3,13,14,15). The minimum Gasteiger partial charge on any atom is -0.383 e. The maximum atomic E-state index is 10.7. The van der Waals surface area contributed by atoms with E-state index in [4.69, 9.17) is 5.73 Å². The summed E-state index contributed by atoms with van der Waals surface area (Å²) in [6.45, 7) is 6.30. The summed E-state index contributed by atoms with van der Waals surface area (Å²) in [5.74, 6) is 1.12. The van der Waals surface area contributed by atoms with Gasteiger partial charge >= 0.3 is 0 Å². The van der Waals surface area contributed by atoms with Gasteiger partial charge in [0.25, 0.3) is 5.69 Å². The Kier molecular flexibility index (Phi) is 4.88. The van der Waals surface area contributed by atoms with E-state index in [9.17, 15) is 10.1 Å². The SMILES string of the molecule is CCC(CC)C(C)Nc1cc([N+](=O)[O-])cc(N)n1. The first-order chi connectivity index (χ1) is 8.47. The third kappa shape index (κ3) is 3.58. The molecule has 0 aliphatic rings. The van der Waals surface area contributed by atoms with Gasteiger partial charge in [-0.2, -0.15) is 0 Å². The molecule has 0 fully saturated rings. The highest BCUT2D eigenvalue weighted by Crippen LogP contribution is 2.22. The summed E-state index contributed by atoms with van der Waals surface area (Å²) in [5, 5.41) is 13.9. The molecule has 6 heteroatoms. The number of nitrogen functional groups attached to an aromatic ring is 1. The molecule has 0 saturated heterocycles. The lowest BCUT2D eigenvalue weighted by Gasteiger charge is -2.22. The third-order valence-electron chi connectivity index (χ3n) is 3.17. The van der Waals surface area contributed by atoms with Crippen molar-refractivity contribution in [2.75, 3.05) is 11.1 Å². The van der Waals surface area contributed by atoms with E-state index in [2.05, 4.69) is 24.1 Å². The summed E-state index contributed by atoms with van der Waals surface area (Å²) >= 11 is 0. The molecule has 100 valence electrons. The van der Waals surface area contributed by atoms with E-state index < -0.39 is 4.92 Å². The molecule has 3 N–H and O–H groups in total. The molecular formula is C12H20N4O2. The van der Waals surface area contributed by atoms with Gasteiger partial charge in [0.1, 0.15) is 11.6 Å². The van der Waals surface area contributed by atoms with Crippen LogP contribution in [-0.4, -0.2) is 15.9 Å². The maximum absolute atomic E-state index is 10.7. The number of anilines is 2. The zero-order valence-electron chi connectivity index (χ0n) is 11.0. The fourth-order valence-electron chi connectivity index (χ4n) is 2.06. The Morgan fingerprint density at radius 3 is 2.56 bits per heavy atom. The predicted molar refractivity (Wildman–Crippen MR) is 72.5 cm³/mol. The molecule has 1 rings (SSSR count). The second kappa shape index (κ2) is 6.18. The molecule has 0 aromatic carbocycles. The van der Waals surface area contributed by atoms with Crippen molar-refractivity contribution in [3.63, 3.8) is 0 Å². The van der Waals surface area contributed by atoms with Crippen LogP contribution in [0.15, 0.2) is 12.1 Å². The number of nitrogens with zero attached hydrogens (tertiary/aromatic N) is 2. The van der Waals surface area contributed by atoms with E-state index in [1.165, 1.54) is 12.1 Å². The number of nitro groups is 1. The van der Waals surface area contributed by atoms with Crippen molar-refractivity contribution in [1.29, 1.82) is 0 Å². The highest BCUT2D eigenvalue weighted by Gasteiger charge is 2.16. The molecule has 0 aliphatic heterocycles. The van der Waals surface area contributed by atoms with Gasteiger partial charge in [-0.1, -0.05) is 26.7 Å². The molecule has 0 radical (unpaired) electrons. The summed E-state index contributed by atoms with van der Waals surface area (Å²) in [4.78, 5) is 14.3. The highest BCUT2D eigenvalue weighted by atomic mass is 16.6. The lowest BCUT2D eigenvalue weighted by atomic mass is 9.95. The first-order valence-electron chi connectivity index (χ1n) is 6.16. The summed E-state index contributed by atoms with van der Waals surface area (Å²) in [5.41, 5.74) is 5.52. The average molecular weight is 252 g/mol. The number of rotatable bonds is 6. The minimum atomic E-state index is -0.467. The van der Waals surface area contributed by atoms with Gasteiger partial charge < -0.3 is 11.1 Å². The molecule has 0 amide bonds. The average Bonchev–Trinajstić information content (AvgIpc) is 2.29. The summed E-state index contributed by atoms with van der Waals surface area (Å²) in [6.07, 6.45) is 2.10. The van der Waals surface area contributed by atoms with Crippen LogP contribution in [0.2, 0.25) is 0 Å². The first kappa shape index (κ1) is 14.2. The first-order valence-corrected chi connectivity index (χ1v) is 6.16. The van der Waals surface area contributed by atoms with Crippen molar-refractivity contribution in [3.05, 3.63) is 22.2 Å². The fraction of sp³-hybridized carbons (Fsp3) is 0.583. The van der Waals surface area contributed by atoms with Gasteiger partial charge in [-0.3, -0.25) is 10.1 Å². The van der Waals surface area contributed by atoms with Gasteiger partial charge in [-0.15, -0.1) is 0 Å². The van der Waals surface area contributed by atoms with Crippen LogP contribution >= 0.6 is 0 Å². The Bertz CT molecular complexity index is 419. The van der Waals surface area contributed by atoms with Crippen LogP contribution in [0.5, 0.6) is 0 Å². The summed E-state index contributed by atoms with van der Waals surface area (Å²) < 4.78 is 0. The maximum Gasteiger partial charge on any atom is 0.276 e. The zero-order chi connectivity index (χ0) is 13.7. The minimum absolute atomic E-state index is 0.0400. The molecule has 0 bridgehead atoms. The van der Waals surface area contributed by atoms with Crippen molar-refractivity contribution in [1.82, 2.24) is 4.98 Å². The van der Waals surface area contributed by atoms with E-state index in [1.54, 1.807) is 0 Å². The van der Waals surface area contributed by atoms with Crippen molar-refractivity contribution < 1.29 is 4.92 Å². The van der Waals surface area contributed by atoms with Crippen LogP contribution in [-0.2, 0) is 0 Å². The van der Waals surface area contributed by atoms with Crippen molar-refractivity contribution >= 4 is 17.3 Å².